The highest BCUT2D eigenvalue weighted by molar-refractivity contribution is 9.10. The third-order valence-electron chi connectivity index (χ3n) is 10.7. The van der Waals surface area contributed by atoms with Crippen LogP contribution in [0.4, 0.5) is 11.4 Å². The molecule has 8 rings (SSSR count). The second-order valence-corrected chi connectivity index (χ2v) is 14.1. The van der Waals surface area contributed by atoms with Gasteiger partial charge in [0.15, 0.2) is 0 Å². The highest BCUT2D eigenvalue weighted by Gasteiger charge is 2.70. The van der Waals surface area contributed by atoms with Gasteiger partial charge in [0, 0.05) is 10.4 Å². The van der Waals surface area contributed by atoms with E-state index in [0.717, 1.165) is 20.6 Å². The van der Waals surface area contributed by atoms with Gasteiger partial charge in [0.1, 0.15) is 5.75 Å². The number of halogens is 1. The van der Waals surface area contributed by atoms with Crippen LogP contribution in [-0.2, 0) is 24.6 Å². The fourth-order valence-corrected chi connectivity index (χ4v) is 8.94. The van der Waals surface area contributed by atoms with Crippen LogP contribution in [-0.4, -0.2) is 33.7 Å². The zero-order valence-electron chi connectivity index (χ0n) is 26.0. The van der Waals surface area contributed by atoms with Crippen LogP contribution in [0.3, 0.4) is 0 Å². The first-order chi connectivity index (χ1) is 23.2. The van der Waals surface area contributed by atoms with E-state index < -0.39 is 46.8 Å². The second-order valence-electron chi connectivity index (χ2n) is 13.2. The average molecular weight is 703 g/mol. The molecule has 2 aliphatic carbocycles. The van der Waals surface area contributed by atoms with Crippen LogP contribution in [0.15, 0.2) is 119 Å². The number of rotatable bonds is 5. The van der Waals surface area contributed by atoms with E-state index in [2.05, 4.69) is 21.4 Å². The Kier molecular flexibility index (Phi) is 7.14. The molecule has 2 aliphatic heterocycles. The SMILES string of the molecule is Cc1ccc(NN2C(=O)[C@@H]3C[C@@H]4C(=CC[C@@H]5C(=O)N(c6ccc(Br)cc6)C(=O)[C@@H]54)[C@H](c4cccc(O)c4)[C@]3(c3ccccc3)C2=O)cc1. The third-order valence-corrected chi connectivity index (χ3v) is 11.2. The summed E-state index contributed by atoms with van der Waals surface area (Å²) in [5.74, 6) is -4.62. The van der Waals surface area contributed by atoms with Crippen molar-refractivity contribution in [2.75, 3.05) is 10.3 Å². The van der Waals surface area contributed by atoms with Crippen molar-refractivity contribution in [3.63, 3.8) is 0 Å². The lowest BCUT2D eigenvalue weighted by atomic mass is 9.49. The van der Waals surface area contributed by atoms with Crippen molar-refractivity contribution in [3.8, 4) is 5.75 Å². The molecule has 240 valence electrons. The van der Waals surface area contributed by atoms with Crippen LogP contribution in [0, 0.1) is 30.6 Å². The summed E-state index contributed by atoms with van der Waals surface area (Å²) in [6, 6.07) is 30.7. The number of anilines is 2. The number of hydrazine groups is 1. The van der Waals surface area contributed by atoms with Crippen molar-refractivity contribution >= 4 is 50.9 Å². The predicted molar refractivity (Wildman–Crippen MR) is 184 cm³/mol. The highest BCUT2D eigenvalue weighted by atomic mass is 79.9. The van der Waals surface area contributed by atoms with Gasteiger partial charge >= 0.3 is 0 Å². The number of imide groups is 2. The molecule has 4 aromatic carbocycles. The highest BCUT2D eigenvalue weighted by Crippen LogP contribution is 2.64. The lowest BCUT2D eigenvalue weighted by molar-refractivity contribution is -0.138. The van der Waals surface area contributed by atoms with Gasteiger partial charge in [0.25, 0.3) is 11.8 Å². The van der Waals surface area contributed by atoms with E-state index in [9.17, 15) is 19.5 Å². The van der Waals surface area contributed by atoms with Crippen molar-refractivity contribution in [2.24, 2.45) is 23.7 Å². The summed E-state index contributed by atoms with van der Waals surface area (Å²) in [6.07, 6.45) is 2.55. The number of hydrogen-bond donors (Lipinski definition) is 2. The summed E-state index contributed by atoms with van der Waals surface area (Å²) in [5, 5.41) is 11.9. The summed E-state index contributed by atoms with van der Waals surface area (Å²) in [6.45, 7) is 1.96. The number of aryl methyl sites for hydroxylation is 1. The summed E-state index contributed by atoms with van der Waals surface area (Å²) < 4.78 is 0.832. The first kappa shape index (κ1) is 30.3. The molecular formula is C39H32BrN3O5. The third kappa shape index (κ3) is 4.40. The minimum Gasteiger partial charge on any atom is -0.508 e. The molecule has 48 heavy (non-hydrogen) atoms. The molecule has 2 saturated heterocycles. The Labute approximate surface area is 286 Å². The van der Waals surface area contributed by atoms with Gasteiger partial charge in [-0.25, -0.2) is 0 Å². The molecule has 4 amide bonds. The Hall–Kier alpha value is -5.02. The molecule has 0 spiro atoms. The van der Waals surface area contributed by atoms with Crippen molar-refractivity contribution in [2.45, 2.75) is 31.1 Å². The lowest BCUT2D eigenvalue weighted by Crippen LogP contribution is -2.53. The number of carbonyl (C=O) groups excluding carboxylic acids is 4. The number of allylic oxidation sites excluding steroid dienone is 2. The monoisotopic (exact) mass is 701 g/mol. The maximum Gasteiger partial charge on any atom is 0.260 e. The largest absolute Gasteiger partial charge is 0.508 e. The number of nitrogens with one attached hydrogen (secondary N) is 1. The molecule has 0 unspecified atom stereocenters. The molecule has 8 nitrogen and oxygen atoms in total. The zero-order valence-corrected chi connectivity index (χ0v) is 27.6. The Morgan fingerprint density at radius 1 is 0.812 bits per heavy atom. The van der Waals surface area contributed by atoms with Crippen molar-refractivity contribution in [1.29, 1.82) is 0 Å². The number of nitrogens with zero attached hydrogens (tertiary/aromatic N) is 2. The summed E-state index contributed by atoms with van der Waals surface area (Å²) >= 11 is 3.43. The number of hydrogen-bond acceptors (Lipinski definition) is 6. The van der Waals surface area contributed by atoms with Crippen molar-refractivity contribution in [1.82, 2.24) is 5.01 Å². The van der Waals surface area contributed by atoms with Crippen LogP contribution in [0.2, 0.25) is 0 Å². The minimum absolute atomic E-state index is 0.0311. The molecule has 9 heteroatoms. The maximum atomic E-state index is 15.1. The smallest absolute Gasteiger partial charge is 0.260 e. The van der Waals surface area contributed by atoms with Crippen molar-refractivity contribution < 1.29 is 24.3 Å². The maximum absolute atomic E-state index is 15.1. The van der Waals surface area contributed by atoms with Gasteiger partial charge in [-0.05, 0) is 85.3 Å². The number of phenolic OH excluding ortho intramolecular Hbond substituents is 1. The van der Waals surface area contributed by atoms with Gasteiger partial charge in [0.05, 0.1) is 34.5 Å². The van der Waals surface area contributed by atoms with E-state index in [1.54, 1.807) is 42.5 Å². The number of benzene rings is 4. The van der Waals surface area contributed by atoms with Gasteiger partial charge in [-0.15, -0.1) is 0 Å². The van der Waals surface area contributed by atoms with E-state index in [1.807, 2.05) is 73.7 Å². The molecule has 0 bridgehead atoms. The normalized spacial score (nSPS) is 27.8. The molecule has 4 aromatic rings. The minimum atomic E-state index is -1.38. The topological polar surface area (TPSA) is 107 Å². The van der Waals surface area contributed by atoms with Gasteiger partial charge in [0.2, 0.25) is 11.8 Å². The standard InChI is InChI=1S/C39H32BrN3O5/c1-22-10-14-26(15-11-22)41-43-36(46)32-21-31-29(18-19-30-33(31)37(47)42(35(30)45)27-16-12-25(40)13-17-27)34(23-6-5-9-28(44)20-23)39(32,38(43)48)24-7-3-2-4-8-24/h2-18,20,30-34,41,44H,19,21H2,1H3/t30-,31+,32-,33-,34-,39+/m0/s1. The van der Waals surface area contributed by atoms with Crippen LogP contribution >= 0.6 is 15.9 Å². The Balaban J connectivity index is 1.31. The molecule has 1 saturated carbocycles. The predicted octanol–water partition coefficient (Wildman–Crippen LogP) is 6.65. The van der Waals surface area contributed by atoms with Gasteiger partial charge in [-0.2, -0.15) is 5.01 Å². The molecule has 2 N–H and O–H groups in total. The van der Waals surface area contributed by atoms with Crippen LogP contribution in [0.25, 0.3) is 0 Å². The molecule has 2 heterocycles. The summed E-state index contributed by atoms with van der Waals surface area (Å²) in [5.41, 5.74) is 6.06. The number of phenols is 1. The molecule has 0 radical (unpaired) electrons. The number of carbonyl (C=O) groups is 4. The fraction of sp³-hybridized carbons (Fsp3) is 0.231. The Morgan fingerprint density at radius 2 is 1.54 bits per heavy atom. The molecule has 6 atom stereocenters. The van der Waals surface area contributed by atoms with E-state index in [-0.39, 0.29) is 24.0 Å². The van der Waals surface area contributed by atoms with Crippen LogP contribution in [0.1, 0.15) is 35.4 Å². The van der Waals surface area contributed by atoms with E-state index in [4.69, 9.17) is 0 Å². The lowest BCUT2D eigenvalue weighted by Gasteiger charge is -2.50. The number of amides is 4. The van der Waals surface area contributed by atoms with Gasteiger partial charge < -0.3 is 5.11 Å². The number of fused-ring (bicyclic) bond motifs is 4. The van der Waals surface area contributed by atoms with Gasteiger partial charge in [-0.1, -0.05) is 87.7 Å². The quantitative estimate of drug-likeness (QED) is 0.178. The summed E-state index contributed by atoms with van der Waals surface area (Å²) in [7, 11) is 0. The zero-order chi connectivity index (χ0) is 33.3. The first-order valence-electron chi connectivity index (χ1n) is 16.1. The van der Waals surface area contributed by atoms with E-state index in [0.29, 0.717) is 28.9 Å². The van der Waals surface area contributed by atoms with Crippen LogP contribution in [0.5, 0.6) is 5.75 Å². The van der Waals surface area contributed by atoms with Crippen molar-refractivity contribution in [3.05, 3.63) is 136 Å². The number of aromatic hydroxyl groups is 1. The van der Waals surface area contributed by atoms with Gasteiger partial charge in [-0.3, -0.25) is 29.5 Å². The Morgan fingerprint density at radius 3 is 2.25 bits per heavy atom. The van der Waals surface area contributed by atoms with Crippen LogP contribution < -0.4 is 10.3 Å². The molecule has 3 fully saturated rings. The second kappa shape index (κ2) is 11.3. The average Bonchev–Trinajstić information content (AvgIpc) is 3.47. The summed E-state index contributed by atoms with van der Waals surface area (Å²) in [4.78, 5) is 59.3. The fourth-order valence-electron chi connectivity index (χ4n) is 8.67. The molecule has 0 aromatic heterocycles. The first-order valence-corrected chi connectivity index (χ1v) is 16.9. The molecular weight excluding hydrogens is 670 g/mol. The van der Waals surface area contributed by atoms with E-state index in [1.165, 1.54) is 4.90 Å². The van der Waals surface area contributed by atoms with E-state index >= 15 is 4.79 Å². The Bertz CT molecular complexity index is 2010. The molecule has 4 aliphatic rings.